The lowest BCUT2D eigenvalue weighted by atomic mass is 9.71. The quantitative estimate of drug-likeness (QED) is 0.700. The summed E-state index contributed by atoms with van der Waals surface area (Å²) in [6, 6.07) is 0.804. The molecule has 0 amide bonds. The number of hydrogen-bond donors (Lipinski definition) is 1. The van der Waals surface area contributed by atoms with Crippen LogP contribution in [0.2, 0.25) is 0 Å². The zero-order valence-electron chi connectivity index (χ0n) is 12.8. The molecule has 0 aromatic rings. The fourth-order valence-corrected chi connectivity index (χ4v) is 4.15. The standard InChI is InChI=1S/C17H33NO/c1-2-19-14-8-13-18-17-12-7-6-11-16(17)15-9-4-3-5-10-15/h15-18H,2-14H2,1H3. The van der Waals surface area contributed by atoms with Gasteiger partial charge in [-0.25, -0.2) is 0 Å². The Morgan fingerprint density at radius 2 is 1.68 bits per heavy atom. The van der Waals surface area contributed by atoms with Crippen LogP contribution in [0.25, 0.3) is 0 Å². The molecule has 2 fully saturated rings. The second kappa shape index (κ2) is 8.97. The van der Waals surface area contributed by atoms with Crippen molar-refractivity contribution in [3.8, 4) is 0 Å². The Morgan fingerprint density at radius 3 is 2.47 bits per heavy atom. The van der Waals surface area contributed by atoms with E-state index in [2.05, 4.69) is 12.2 Å². The van der Waals surface area contributed by atoms with Crippen molar-refractivity contribution < 1.29 is 4.74 Å². The molecule has 1 N–H and O–H groups in total. The summed E-state index contributed by atoms with van der Waals surface area (Å²) in [6.07, 6.45) is 14.4. The molecule has 0 aromatic carbocycles. The zero-order valence-corrected chi connectivity index (χ0v) is 12.8. The van der Waals surface area contributed by atoms with Crippen LogP contribution in [0.15, 0.2) is 0 Å². The molecule has 2 saturated carbocycles. The van der Waals surface area contributed by atoms with Crippen LogP contribution < -0.4 is 5.32 Å². The molecule has 2 rings (SSSR count). The van der Waals surface area contributed by atoms with Gasteiger partial charge < -0.3 is 10.1 Å². The summed E-state index contributed by atoms with van der Waals surface area (Å²) in [5.41, 5.74) is 0. The maximum Gasteiger partial charge on any atom is 0.0477 e. The molecular weight excluding hydrogens is 234 g/mol. The molecule has 2 nitrogen and oxygen atoms in total. The maximum atomic E-state index is 5.43. The average molecular weight is 267 g/mol. The van der Waals surface area contributed by atoms with Gasteiger partial charge in [-0.2, -0.15) is 0 Å². The van der Waals surface area contributed by atoms with Crippen LogP contribution in [0.4, 0.5) is 0 Å². The van der Waals surface area contributed by atoms with Gasteiger partial charge in [-0.15, -0.1) is 0 Å². The Hall–Kier alpha value is -0.0800. The van der Waals surface area contributed by atoms with Crippen molar-refractivity contribution in [1.29, 1.82) is 0 Å². The number of nitrogens with one attached hydrogen (secondary N) is 1. The van der Waals surface area contributed by atoms with Gasteiger partial charge in [0.15, 0.2) is 0 Å². The second-order valence-corrected chi connectivity index (χ2v) is 6.46. The Bertz CT molecular complexity index is 225. The van der Waals surface area contributed by atoms with Crippen molar-refractivity contribution in [3.05, 3.63) is 0 Å². The highest BCUT2D eigenvalue weighted by Crippen LogP contribution is 2.38. The van der Waals surface area contributed by atoms with Crippen LogP contribution in [0.1, 0.15) is 71.1 Å². The molecule has 2 unspecified atom stereocenters. The fraction of sp³-hybridized carbons (Fsp3) is 1.00. The van der Waals surface area contributed by atoms with Crippen LogP contribution in [0, 0.1) is 11.8 Å². The molecule has 0 bridgehead atoms. The Balaban J connectivity index is 1.72. The lowest BCUT2D eigenvalue weighted by Gasteiger charge is -2.39. The summed E-state index contributed by atoms with van der Waals surface area (Å²) in [5.74, 6) is 2.00. The van der Waals surface area contributed by atoms with E-state index in [9.17, 15) is 0 Å². The highest BCUT2D eigenvalue weighted by atomic mass is 16.5. The molecule has 0 aliphatic heterocycles. The van der Waals surface area contributed by atoms with E-state index in [-0.39, 0.29) is 0 Å². The number of hydrogen-bond acceptors (Lipinski definition) is 2. The van der Waals surface area contributed by atoms with Crippen molar-refractivity contribution >= 4 is 0 Å². The van der Waals surface area contributed by atoms with Crippen molar-refractivity contribution in [3.63, 3.8) is 0 Å². The number of rotatable bonds is 7. The third-order valence-electron chi connectivity index (χ3n) is 5.15. The maximum absolute atomic E-state index is 5.43. The van der Waals surface area contributed by atoms with E-state index < -0.39 is 0 Å². The molecule has 2 heteroatoms. The summed E-state index contributed by atoms with van der Waals surface area (Å²) in [4.78, 5) is 0. The molecule has 0 heterocycles. The zero-order chi connectivity index (χ0) is 13.3. The summed E-state index contributed by atoms with van der Waals surface area (Å²) >= 11 is 0. The van der Waals surface area contributed by atoms with Gasteiger partial charge in [0.1, 0.15) is 0 Å². The molecule has 112 valence electrons. The van der Waals surface area contributed by atoms with Gasteiger partial charge in [-0.05, 0) is 44.6 Å². The fourth-order valence-electron chi connectivity index (χ4n) is 4.15. The van der Waals surface area contributed by atoms with Crippen molar-refractivity contribution in [1.82, 2.24) is 5.32 Å². The Labute approximate surface area is 119 Å². The van der Waals surface area contributed by atoms with Gasteiger partial charge in [-0.3, -0.25) is 0 Å². The topological polar surface area (TPSA) is 21.3 Å². The van der Waals surface area contributed by atoms with Gasteiger partial charge in [0.2, 0.25) is 0 Å². The summed E-state index contributed by atoms with van der Waals surface area (Å²) in [7, 11) is 0. The summed E-state index contributed by atoms with van der Waals surface area (Å²) < 4.78 is 5.43. The molecule has 19 heavy (non-hydrogen) atoms. The minimum Gasteiger partial charge on any atom is -0.382 e. The first kappa shape index (κ1) is 15.3. The predicted molar refractivity (Wildman–Crippen MR) is 81.4 cm³/mol. The van der Waals surface area contributed by atoms with Crippen molar-refractivity contribution in [2.75, 3.05) is 19.8 Å². The first-order chi connectivity index (χ1) is 9.42. The summed E-state index contributed by atoms with van der Waals surface area (Å²) in [5, 5.41) is 3.85. The van der Waals surface area contributed by atoms with E-state index in [1.807, 2.05) is 0 Å². The van der Waals surface area contributed by atoms with Crippen molar-refractivity contribution in [2.24, 2.45) is 11.8 Å². The van der Waals surface area contributed by atoms with Gasteiger partial charge in [-0.1, -0.05) is 44.9 Å². The molecule has 0 spiro atoms. The Kier molecular flexibility index (Phi) is 7.23. The first-order valence-corrected chi connectivity index (χ1v) is 8.73. The molecule has 2 aliphatic rings. The van der Waals surface area contributed by atoms with E-state index >= 15 is 0 Å². The largest absolute Gasteiger partial charge is 0.382 e. The van der Waals surface area contributed by atoms with E-state index in [1.165, 1.54) is 64.2 Å². The normalized spacial score (nSPS) is 29.5. The molecular formula is C17H33NO. The van der Waals surface area contributed by atoms with Gasteiger partial charge in [0.25, 0.3) is 0 Å². The highest BCUT2D eigenvalue weighted by molar-refractivity contribution is 4.86. The van der Waals surface area contributed by atoms with Gasteiger partial charge in [0, 0.05) is 19.3 Å². The lowest BCUT2D eigenvalue weighted by Crippen LogP contribution is -2.43. The van der Waals surface area contributed by atoms with E-state index in [4.69, 9.17) is 4.74 Å². The minimum atomic E-state index is 0.804. The van der Waals surface area contributed by atoms with Crippen LogP contribution in [-0.4, -0.2) is 25.8 Å². The molecule has 2 atom stereocenters. The lowest BCUT2D eigenvalue weighted by molar-refractivity contribution is 0.131. The van der Waals surface area contributed by atoms with Crippen molar-refractivity contribution in [2.45, 2.75) is 77.2 Å². The second-order valence-electron chi connectivity index (χ2n) is 6.46. The first-order valence-electron chi connectivity index (χ1n) is 8.73. The molecule has 2 aliphatic carbocycles. The van der Waals surface area contributed by atoms with E-state index in [0.29, 0.717) is 0 Å². The molecule has 0 aromatic heterocycles. The molecule has 0 saturated heterocycles. The van der Waals surface area contributed by atoms with Gasteiger partial charge in [0.05, 0.1) is 0 Å². The SMILES string of the molecule is CCOCCCNC1CCCCC1C1CCCCC1. The summed E-state index contributed by atoms with van der Waals surface area (Å²) in [6.45, 7) is 5.00. The third kappa shape index (κ3) is 5.07. The minimum absolute atomic E-state index is 0.804. The van der Waals surface area contributed by atoms with E-state index in [1.54, 1.807) is 0 Å². The third-order valence-corrected chi connectivity index (χ3v) is 5.15. The van der Waals surface area contributed by atoms with Crippen LogP contribution >= 0.6 is 0 Å². The Morgan fingerprint density at radius 1 is 0.947 bits per heavy atom. The van der Waals surface area contributed by atoms with Crippen LogP contribution in [0.3, 0.4) is 0 Å². The van der Waals surface area contributed by atoms with Gasteiger partial charge >= 0.3 is 0 Å². The van der Waals surface area contributed by atoms with Crippen LogP contribution in [-0.2, 0) is 4.74 Å². The monoisotopic (exact) mass is 267 g/mol. The number of ether oxygens (including phenoxy) is 1. The van der Waals surface area contributed by atoms with Crippen LogP contribution in [0.5, 0.6) is 0 Å². The van der Waals surface area contributed by atoms with E-state index in [0.717, 1.165) is 37.6 Å². The molecule has 0 radical (unpaired) electrons. The smallest absolute Gasteiger partial charge is 0.0477 e. The average Bonchev–Trinajstić information content (AvgIpc) is 2.48. The predicted octanol–water partition coefficient (Wildman–Crippen LogP) is 4.14. The highest BCUT2D eigenvalue weighted by Gasteiger charge is 2.31.